The van der Waals surface area contributed by atoms with Crippen molar-refractivity contribution in [1.29, 1.82) is 0 Å². The molecular weight excluding hydrogens is 268 g/mol. The minimum absolute atomic E-state index is 0.0426. The lowest BCUT2D eigenvalue weighted by Gasteiger charge is -2.26. The molecule has 2 rings (SSSR count). The minimum Gasteiger partial charge on any atom is -0.320 e. The van der Waals surface area contributed by atoms with E-state index >= 15 is 0 Å². The SMILES string of the molecule is CCCS(=O)(=O)C1=NCN(C(=O)N(CC)C2CC2)N1. The van der Waals surface area contributed by atoms with Gasteiger partial charge in [0.15, 0.2) is 0 Å². The number of rotatable bonds is 4. The highest BCUT2D eigenvalue weighted by Crippen LogP contribution is 2.27. The predicted octanol–water partition coefficient (Wildman–Crippen LogP) is 0.549. The Labute approximate surface area is 113 Å². The van der Waals surface area contributed by atoms with Gasteiger partial charge in [-0.05, 0) is 26.2 Å². The average molecular weight is 288 g/mol. The van der Waals surface area contributed by atoms with E-state index in [1.54, 1.807) is 11.8 Å². The summed E-state index contributed by atoms with van der Waals surface area (Å²) in [6.45, 7) is 4.39. The first-order chi connectivity index (χ1) is 8.99. The van der Waals surface area contributed by atoms with E-state index < -0.39 is 9.84 Å². The Kier molecular flexibility index (Phi) is 3.98. The van der Waals surface area contributed by atoms with Crippen LogP contribution >= 0.6 is 0 Å². The topological polar surface area (TPSA) is 82.1 Å². The molecule has 0 aromatic heterocycles. The van der Waals surface area contributed by atoms with E-state index in [2.05, 4.69) is 10.4 Å². The van der Waals surface area contributed by atoms with Gasteiger partial charge >= 0.3 is 6.03 Å². The maximum absolute atomic E-state index is 12.2. The molecule has 1 saturated carbocycles. The van der Waals surface area contributed by atoms with Crippen LogP contribution in [0.25, 0.3) is 0 Å². The first-order valence-corrected chi connectivity index (χ1v) is 8.26. The Morgan fingerprint density at radius 3 is 2.68 bits per heavy atom. The van der Waals surface area contributed by atoms with Crippen LogP contribution < -0.4 is 5.43 Å². The third-order valence-electron chi connectivity index (χ3n) is 3.16. The second-order valence-electron chi connectivity index (χ2n) is 4.76. The molecular formula is C11H20N4O3S. The third kappa shape index (κ3) is 2.99. The molecule has 0 spiro atoms. The van der Waals surface area contributed by atoms with Gasteiger partial charge in [-0.1, -0.05) is 6.92 Å². The number of amides is 2. The van der Waals surface area contributed by atoms with Gasteiger partial charge in [0, 0.05) is 12.6 Å². The predicted molar refractivity (Wildman–Crippen MR) is 72.2 cm³/mol. The molecule has 0 aromatic rings. The molecule has 2 aliphatic rings. The summed E-state index contributed by atoms with van der Waals surface area (Å²) in [6.07, 6.45) is 2.57. The van der Waals surface area contributed by atoms with Crippen molar-refractivity contribution in [3.05, 3.63) is 0 Å². The number of nitrogens with zero attached hydrogens (tertiary/aromatic N) is 3. The lowest BCUT2D eigenvalue weighted by Crippen LogP contribution is -2.50. The highest BCUT2D eigenvalue weighted by atomic mass is 32.2. The number of urea groups is 1. The van der Waals surface area contributed by atoms with E-state index in [9.17, 15) is 13.2 Å². The number of hydrogen-bond acceptors (Lipinski definition) is 5. The molecule has 108 valence electrons. The van der Waals surface area contributed by atoms with Gasteiger partial charge in [-0.15, -0.1) is 0 Å². The van der Waals surface area contributed by atoms with Crippen molar-refractivity contribution in [3.63, 3.8) is 0 Å². The number of aliphatic imine (C=N–C) groups is 1. The van der Waals surface area contributed by atoms with Crippen LogP contribution in [0, 0.1) is 0 Å². The minimum atomic E-state index is -3.39. The first-order valence-electron chi connectivity index (χ1n) is 6.61. The molecule has 1 heterocycles. The van der Waals surface area contributed by atoms with Gasteiger partial charge in [0.05, 0.1) is 5.75 Å². The normalized spacial score (nSPS) is 19.1. The van der Waals surface area contributed by atoms with E-state index in [0.717, 1.165) is 12.8 Å². The first kappa shape index (κ1) is 14.1. The molecule has 0 unspecified atom stereocenters. The van der Waals surface area contributed by atoms with Gasteiger partial charge in [-0.3, -0.25) is 5.43 Å². The van der Waals surface area contributed by atoms with Crippen molar-refractivity contribution in [2.24, 2.45) is 4.99 Å². The van der Waals surface area contributed by atoms with Crippen LogP contribution in [0.15, 0.2) is 4.99 Å². The maximum atomic E-state index is 12.2. The zero-order chi connectivity index (χ0) is 14.0. The molecule has 7 nitrogen and oxygen atoms in total. The van der Waals surface area contributed by atoms with Gasteiger partial charge in [0.1, 0.15) is 6.67 Å². The number of carbonyl (C=O) groups excluding carboxylic acids is 1. The van der Waals surface area contributed by atoms with Crippen molar-refractivity contribution >= 4 is 21.0 Å². The Bertz CT molecular complexity index is 484. The average Bonchev–Trinajstić information content (AvgIpc) is 3.05. The van der Waals surface area contributed by atoms with Crippen LogP contribution in [0.3, 0.4) is 0 Å². The fourth-order valence-electron chi connectivity index (χ4n) is 2.05. The summed E-state index contributed by atoms with van der Waals surface area (Å²) in [5.74, 6) is 0.0426. The second kappa shape index (κ2) is 5.36. The molecule has 1 aliphatic carbocycles. The fraction of sp³-hybridized carbons (Fsp3) is 0.818. The Balaban J connectivity index is 1.98. The molecule has 19 heavy (non-hydrogen) atoms. The summed E-state index contributed by atoms with van der Waals surface area (Å²) in [6, 6.07) is 0.103. The molecule has 8 heteroatoms. The zero-order valence-electron chi connectivity index (χ0n) is 11.3. The summed E-state index contributed by atoms with van der Waals surface area (Å²) in [7, 11) is -3.39. The number of amidine groups is 1. The molecule has 0 radical (unpaired) electrons. The Morgan fingerprint density at radius 1 is 1.47 bits per heavy atom. The Morgan fingerprint density at radius 2 is 2.16 bits per heavy atom. The molecule has 0 saturated heterocycles. The van der Waals surface area contributed by atoms with Crippen molar-refractivity contribution in [3.8, 4) is 0 Å². The maximum Gasteiger partial charge on any atom is 0.340 e. The van der Waals surface area contributed by atoms with Gasteiger partial charge in [0.2, 0.25) is 15.0 Å². The van der Waals surface area contributed by atoms with E-state index in [1.807, 2.05) is 6.92 Å². The summed E-state index contributed by atoms with van der Waals surface area (Å²) in [5.41, 5.74) is 2.62. The van der Waals surface area contributed by atoms with Gasteiger partial charge in [0.25, 0.3) is 0 Å². The lowest BCUT2D eigenvalue weighted by molar-refractivity contribution is 0.148. The molecule has 0 atom stereocenters. The van der Waals surface area contributed by atoms with E-state index in [1.165, 1.54) is 5.01 Å². The molecule has 1 N–H and O–H groups in total. The third-order valence-corrected chi connectivity index (χ3v) is 4.91. The molecule has 1 aliphatic heterocycles. The quantitative estimate of drug-likeness (QED) is 0.819. The van der Waals surface area contributed by atoms with Crippen LogP contribution in [0.4, 0.5) is 4.79 Å². The highest BCUT2D eigenvalue weighted by molar-refractivity contribution is 8.06. The monoisotopic (exact) mass is 288 g/mol. The lowest BCUT2D eigenvalue weighted by atomic mass is 10.5. The molecule has 1 fully saturated rings. The van der Waals surface area contributed by atoms with Gasteiger partial charge < -0.3 is 4.90 Å². The standard InChI is InChI=1S/C11H20N4O3S/c1-3-7-19(17,18)10-12-8-15(13-10)11(16)14(4-2)9-5-6-9/h9H,3-8H2,1-2H3,(H,12,13). The highest BCUT2D eigenvalue weighted by Gasteiger charge is 2.36. The van der Waals surface area contributed by atoms with Crippen molar-refractivity contribution in [2.75, 3.05) is 19.0 Å². The number of sulfone groups is 1. The van der Waals surface area contributed by atoms with Crippen LogP contribution in [0.2, 0.25) is 0 Å². The zero-order valence-corrected chi connectivity index (χ0v) is 12.1. The fourth-order valence-corrected chi connectivity index (χ4v) is 3.29. The van der Waals surface area contributed by atoms with E-state index in [0.29, 0.717) is 19.0 Å². The van der Waals surface area contributed by atoms with Crippen LogP contribution in [-0.2, 0) is 9.84 Å². The second-order valence-corrected chi connectivity index (χ2v) is 6.79. The van der Waals surface area contributed by atoms with Crippen LogP contribution in [0.5, 0.6) is 0 Å². The molecule has 0 bridgehead atoms. The number of nitrogens with one attached hydrogen (secondary N) is 1. The largest absolute Gasteiger partial charge is 0.340 e. The van der Waals surface area contributed by atoms with Crippen molar-refractivity contribution in [2.45, 2.75) is 39.2 Å². The summed E-state index contributed by atoms with van der Waals surface area (Å²) in [4.78, 5) is 17.9. The summed E-state index contributed by atoms with van der Waals surface area (Å²) in [5, 5.41) is 1.18. The summed E-state index contributed by atoms with van der Waals surface area (Å²) >= 11 is 0. The van der Waals surface area contributed by atoms with Crippen molar-refractivity contribution < 1.29 is 13.2 Å². The van der Waals surface area contributed by atoms with Gasteiger partial charge in [-0.2, -0.15) is 0 Å². The van der Waals surface area contributed by atoms with Crippen molar-refractivity contribution in [1.82, 2.24) is 15.3 Å². The number of hydrogen-bond donors (Lipinski definition) is 1. The van der Waals surface area contributed by atoms with E-state index in [-0.39, 0.29) is 23.6 Å². The van der Waals surface area contributed by atoms with E-state index in [4.69, 9.17) is 0 Å². The number of hydrazine groups is 1. The van der Waals surface area contributed by atoms with Gasteiger partial charge in [-0.25, -0.2) is 23.2 Å². The van der Waals surface area contributed by atoms with Crippen LogP contribution in [0.1, 0.15) is 33.1 Å². The Hall–Kier alpha value is -1.31. The smallest absolute Gasteiger partial charge is 0.320 e. The summed E-state index contributed by atoms with van der Waals surface area (Å²) < 4.78 is 23.7. The number of carbonyl (C=O) groups is 1. The molecule has 2 amide bonds. The molecule has 0 aromatic carbocycles. The van der Waals surface area contributed by atoms with Crippen LogP contribution in [-0.4, -0.2) is 54.5 Å².